The van der Waals surface area contributed by atoms with Gasteiger partial charge < -0.3 is 5.32 Å². The molecule has 20 heavy (non-hydrogen) atoms. The Kier molecular flexibility index (Phi) is 5.10. The molecular weight excluding hydrogens is 275 g/mol. The van der Waals surface area contributed by atoms with Gasteiger partial charge in [0.15, 0.2) is 0 Å². The fourth-order valence-corrected chi connectivity index (χ4v) is 2.31. The number of benzene rings is 1. The van der Waals surface area contributed by atoms with Crippen molar-refractivity contribution in [1.82, 2.24) is 10.3 Å². The van der Waals surface area contributed by atoms with Gasteiger partial charge in [-0.1, -0.05) is 23.7 Å². The highest BCUT2D eigenvalue weighted by molar-refractivity contribution is 6.30. The number of pyridine rings is 1. The minimum Gasteiger partial charge on any atom is -0.306 e. The standard InChI is InChI=1S/C16H18ClFN2/c1-11(9-13-3-5-14(17)6-4-13)20-12(2)16-8-7-15(18)10-19-16/h3-8,10-12,20H,9H2,1-2H3. The van der Waals surface area contributed by atoms with Gasteiger partial charge in [-0.2, -0.15) is 0 Å². The van der Waals surface area contributed by atoms with Crippen molar-refractivity contribution in [2.45, 2.75) is 32.4 Å². The van der Waals surface area contributed by atoms with E-state index in [1.165, 1.54) is 17.8 Å². The second-order valence-corrected chi connectivity index (χ2v) is 5.46. The number of halogens is 2. The number of rotatable bonds is 5. The fraction of sp³-hybridized carbons (Fsp3) is 0.312. The van der Waals surface area contributed by atoms with Crippen LogP contribution in [0.2, 0.25) is 5.02 Å². The Morgan fingerprint density at radius 3 is 2.45 bits per heavy atom. The molecule has 0 aliphatic carbocycles. The molecule has 4 heteroatoms. The van der Waals surface area contributed by atoms with Crippen molar-refractivity contribution >= 4 is 11.6 Å². The molecule has 2 rings (SSSR count). The topological polar surface area (TPSA) is 24.9 Å². The van der Waals surface area contributed by atoms with E-state index < -0.39 is 0 Å². The van der Waals surface area contributed by atoms with Gasteiger partial charge in [-0.25, -0.2) is 4.39 Å². The lowest BCUT2D eigenvalue weighted by molar-refractivity contribution is 0.468. The van der Waals surface area contributed by atoms with Gasteiger partial charge >= 0.3 is 0 Å². The van der Waals surface area contributed by atoms with Crippen LogP contribution in [0, 0.1) is 5.82 Å². The molecule has 0 radical (unpaired) electrons. The lowest BCUT2D eigenvalue weighted by Gasteiger charge is -2.19. The second-order valence-electron chi connectivity index (χ2n) is 5.02. The maximum Gasteiger partial charge on any atom is 0.141 e. The summed E-state index contributed by atoms with van der Waals surface area (Å²) in [4.78, 5) is 4.09. The van der Waals surface area contributed by atoms with Crippen molar-refractivity contribution in [3.8, 4) is 0 Å². The first-order chi connectivity index (χ1) is 9.54. The zero-order valence-electron chi connectivity index (χ0n) is 11.6. The molecule has 0 spiro atoms. The zero-order valence-corrected chi connectivity index (χ0v) is 12.4. The van der Waals surface area contributed by atoms with Crippen molar-refractivity contribution in [3.05, 3.63) is 64.7 Å². The number of hydrogen-bond donors (Lipinski definition) is 1. The third kappa shape index (κ3) is 4.29. The van der Waals surface area contributed by atoms with Crippen LogP contribution in [0.4, 0.5) is 4.39 Å². The fourth-order valence-electron chi connectivity index (χ4n) is 2.19. The van der Waals surface area contributed by atoms with E-state index in [1.807, 2.05) is 31.2 Å². The molecule has 1 aromatic carbocycles. The third-order valence-electron chi connectivity index (χ3n) is 3.18. The van der Waals surface area contributed by atoms with Crippen LogP contribution in [0.25, 0.3) is 0 Å². The van der Waals surface area contributed by atoms with E-state index in [-0.39, 0.29) is 17.9 Å². The Morgan fingerprint density at radius 1 is 1.15 bits per heavy atom. The molecule has 0 saturated carbocycles. The first-order valence-corrected chi connectivity index (χ1v) is 7.04. The number of nitrogens with zero attached hydrogens (tertiary/aromatic N) is 1. The summed E-state index contributed by atoms with van der Waals surface area (Å²) in [6, 6.07) is 11.4. The lowest BCUT2D eigenvalue weighted by Crippen LogP contribution is -2.31. The Labute approximate surface area is 124 Å². The predicted molar refractivity (Wildman–Crippen MR) is 80.4 cm³/mol. The van der Waals surface area contributed by atoms with E-state index in [0.29, 0.717) is 0 Å². The molecule has 2 atom stereocenters. The average Bonchev–Trinajstić information content (AvgIpc) is 2.42. The van der Waals surface area contributed by atoms with E-state index in [4.69, 9.17) is 11.6 Å². The van der Waals surface area contributed by atoms with Crippen LogP contribution in [0.15, 0.2) is 42.6 Å². The third-order valence-corrected chi connectivity index (χ3v) is 3.44. The van der Waals surface area contributed by atoms with E-state index in [0.717, 1.165) is 17.1 Å². The summed E-state index contributed by atoms with van der Waals surface area (Å²) in [6.45, 7) is 4.15. The van der Waals surface area contributed by atoms with Crippen LogP contribution in [0.5, 0.6) is 0 Å². The Hall–Kier alpha value is -1.45. The van der Waals surface area contributed by atoms with Gasteiger partial charge in [0.2, 0.25) is 0 Å². The summed E-state index contributed by atoms with van der Waals surface area (Å²) in [7, 11) is 0. The van der Waals surface area contributed by atoms with Crippen LogP contribution in [0.3, 0.4) is 0 Å². The summed E-state index contributed by atoms with van der Waals surface area (Å²) in [5.74, 6) is -0.310. The Morgan fingerprint density at radius 2 is 1.85 bits per heavy atom. The van der Waals surface area contributed by atoms with Crippen molar-refractivity contribution in [3.63, 3.8) is 0 Å². The van der Waals surface area contributed by atoms with Crippen molar-refractivity contribution < 1.29 is 4.39 Å². The number of hydrogen-bond acceptors (Lipinski definition) is 2. The molecule has 2 aromatic rings. The maximum absolute atomic E-state index is 12.8. The smallest absolute Gasteiger partial charge is 0.141 e. The molecule has 0 amide bonds. The van der Waals surface area contributed by atoms with Crippen LogP contribution in [-0.4, -0.2) is 11.0 Å². The Balaban J connectivity index is 1.92. The normalized spacial score (nSPS) is 14.0. The molecule has 2 nitrogen and oxygen atoms in total. The molecule has 1 heterocycles. The largest absolute Gasteiger partial charge is 0.306 e. The van der Waals surface area contributed by atoms with Crippen LogP contribution in [-0.2, 0) is 6.42 Å². The number of nitrogens with one attached hydrogen (secondary N) is 1. The van der Waals surface area contributed by atoms with Gasteiger partial charge in [-0.3, -0.25) is 4.98 Å². The van der Waals surface area contributed by atoms with Crippen LogP contribution < -0.4 is 5.32 Å². The average molecular weight is 293 g/mol. The van der Waals surface area contributed by atoms with Gasteiger partial charge in [-0.05, 0) is 50.1 Å². The second kappa shape index (κ2) is 6.82. The highest BCUT2D eigenvalue weighted by Gasteiger charge is 2.11. The zero-order chi connectivity index (χ0) is 14.5. The van der Waals surface area contributed by atoms with E-state index >= 15 is 0 Å². The van der Waals surface area contributed by atoms with Gasteiger partial charge in [0.05, 0.1) is 11.9 Å². The minimum absolute atomic E-state index is 0.0814. The molecular formula is C16H18ClFN2. The highest BCUT2D eigenvalue weighted by Crippen LogP contribution is 2.14. The number of aromatic nitrogens is 1. The first-order valence-electron chi connectivity index (χ1n) is 6.66. The molecule has 0 saturated heterocycles. The lowest BCUT2D eigenvalue weighted by atomic mass is 10.1. The van der Waals surface area contributed by atoms with Gasteiger partial charge in [0, 0.05) is 17.1 Å². The monoisotopic (exact) mass is 292 g/mol. The van der Waals surface area contributed by atoms with Crippen LogP contribution in [0.1, 0.15) is 31.1 Å². The van der Waals surface area contributed by atoms with Crippen molar-refractivity contribution in [2.75, 3.05) is 0 Å². The van der Waals surface area contributed by atoms with Crippen molar-refractivity contribution in [1.29, 1.82) is 0 Å². The van der Waals surface area contributed by atoms with Gasteiger partial charge in [0.1, 0.15) is 5.82 Å². The molecule has 1 aromatic heterocycles. The molecule has 0 aliphatic rings. The molecule has 0 aliphatic heterocycles. The highest BCUT2D eigenvalue weighted by atomic mass is 35.5. The summed E-state index contributed by atoms with van der Waals surface area (Å²) in [5, 5.41) is 4.21. The van der Waals surface area contributed by atoms with E-state index in [2.05, 4.69) is 17.2 Å². The van der Waals surface area contributed by atoms with Gasteiger partial charge in [0.25, 0.3) is 0 Å². The molecule has 2 unspecified atom stereocenters. The van der Waals surface area contributed by atoms with Crippen LogP contribution >= 0.6 is 11.6 Å². The Bertz CT molecular complexity index is 539. The molecule has 1 N–H and O–H groups in total. The quantitative estimate of drug-likeness (QED) is 0.895. The predicted octanol–water partition coefficient (Wildman–Crippen LogP) is 4.16. The summed E-state index contributed by atoms with van der Waals surface area (Å²) < 4.78 is 12.8. The summed E-state index contributed by atoms with van der Waals surface area (Å²) >= 11 is 5.87. The molecule has 106 valence electrons. The maximum atomic E-state index is 12.8. The van der Waals surface area contributed by atoms with E-state index in [1.54, 1.807) is 6.07 Å². The SMILES string of the molecule is CC(Cc1ccc(Cl)cc1)NC(C)c1ccc(F)cn1. The van der Waals surface area contributed by atoms with E-state index in [9.17, 15) is 4.39 Å². The van der Waals surface area contributed by atoms with Gasteiger partial charge in [-0.15, -0.1) is 0 Å². The molecule has 0 fully saturated rings. The van der Waals surface area contributed by atoms with Crippen molar-refractivity contribution in [2.24, 2.45) is 0 Å². The first kappa shape index (κ1) is 14.9. The minimum atomic E-state index is -0.310. The summed E-state index contributed by atoms with van der Waals surface area (Å²) in [5.41, 5.74) is 2.07. The molecule has 0 bridgehead atoms. The summed E-state index contributed by atoms with van der Waals surface area (Å²) in [6.07, 6.45) is 2.15.